The van der Waals surface area contributed by atoms with Gasteiger partial charge in [-0.3, -0.25) is 4.90 Å². The maximum atomic E-state index is 12.0. The summed E-state index contributed by atoms with van der Waals surface area (Å²) in [5, 5.41) is 0. The summed E-state index contributed by atoms with van der Waals surface area (Å²) in [5.74, 6) is 2.18. The molecule has 0 aromatic carbocycles. The van der Waals surface area contributed by atoms with E-state index in [1.807, 2.05) is 6.92 Å². The van der Waals surface area contributed by atoms with Crippen molar-refractivity contribution in [1.29, 1.82) is 0 Å². The average Bonchev–Trinajstić information content (AvgIpc) is 3.01. The van der Waals surface area contributed by atoms with Gasteiger partial charge in [-0.2, -0.15) is 4.31 Å². The first-order valence-corrected chi connectivity index (χ1v) is 9.43. The second-order valence-corrected chi connectivity index (χ2v) is 8.58. The Kier molecular flexibility index (Phi) is 3.89. The van der Waals surface area contributed by atoms with Crippen LogP contribution in [0.3, 0.4) is 0 Å². The molecule has 0 unspecified atom stereocenters. The van der Waals surface area contributed by atoms with E-state index in [4.69, 9.17) is 0 Å². The molecule has 0 radical (unpaired) electrons. The van der Waals surface area contributed by atoms with E-state index in [0.29, 0.717) is 18.8 Å². The van der Waals surface area contributed by atoms with Gasteiger partial charge in [0.25, 0.3) is 0 Å². The maximum Gasteiger partial charge on any atom is 0.214 e. The molecule has 2 saturated carbocycles. The second kappa shape index (κ2) is 5.34. The first-order chi connectivity index (χ1) is 9.10. The van der Waals surface area contributed by atoms with Crippen molar-refractivity contribution in [1.82, 2.24) is 9.21 Å². The van der Waals surface area contributed by atoms with Gasteiger partial charge in [0, 0.05) is 32.2 Å². The highest BCUT2D eigenvalue weighted by atomic mass is 32.2. The fraction of sp³-hybridized carbons (Fsp3) is 1.00. The Morgan fingerprint density at radius 3 is 2.32 bits per heavy atom. The molecule has 3 aliphatic rings. The zero-order valence-electron chi connectivity index (χ0n) is 11.9. The molecule has 0 aromatic heterocycles. The van der Waals surface area contributed by atoms with Crippen LogP contribution in [0, 0.1) is 11.8 Å². The third kappa shape index (κ3) is 2.69. The molecule has 0 N–H and O–H groups in total. The molecule has 0 spiro atoms. The molecule has 110 valence electrons. The minimum absolute atomic E-state index is 0.307. The van der Waals surface area contributed by atoms with E-state index in [2.05, 4.69) is 4.90 Å². The highest BCUT2D eigenvalue weighted by Crippen LogP contribution is 2.46. The number of hydrogen-bond donors (Lipinski definition) is 0. The van der Waals surface area contributed by atoms with Crippen molar-refractivity contribution in [2.75, 3.05) is 31.9 Å². The van der Waals surface area contributed by atoms with Crippen LogP contribution in [0.5, 0.6) is 0 Å². The first-order valence-electron chi connectivity index (χ1n) is 7.82. The number of hydrogen-bond acceptors (Lipinski definition) is 3. The fourth-order valence-corrected chi connectivity index (χ4v) is 5.85. The van der Waals surface area contributed by atoms with Gasteiger partial charge >= 0.3 is 0 Å². The standard InChI is InChI=1S/C14H26N2O2S/c1-2-9-19(17,18)16-7-5-15(6-8-16)14-11-12-3-4-13(14)10-12/h12-14H,2-11H2,1H3/t12-,13-,14-/m1/s1. The van der Waals surface area contributed by atoms with Crippen molar-refractivity contribution < 1.29 is 8.42 Å². The quantitative estimate of drug-likeness (QED) is 0.787. The summed E-state index contributed by atoms with van der Waals surface area (Å²) >= 11 is 0. The summed E-state index contributed by atoms with van der Waals surface area (Å²) in [6.45, 7) is 5.23. The minimum atomic E-state index is -2.98. The van der Waals surface area contributed by atoms with E-state index in [1.54, 1.807) is 4.31 Å². The van der Waals surface area contributed by atoms with E-state index < -0.39 is 10.0 Å². The van der Waals surface area contributed by atoms with E-state index in [-0.39, 0.29) is 0 Å². The molecular weight excluding hydrogens is 260 g/mol. The van der Waals surface area contributed by atoms with E-state index >= 15 is 0 Å². The van der Waals surface area contributed by atoms with Crippen molar-refractivity contribution in [3.8, 4) is 0 Å². The molecule has 1 aliphatic heterocycles. The lowest BCUT2D eigenvalue weighted by atomic mass is 9.93. The van der Waals surface area contributed by atoms with Crippen molar-refractivity contribution in [2.24, 2.45) is 11.8 Å². The predicted octanol–water partition coefficient (Wildman–Crippen LogP) is 1.53. The summed E-state index contributed by atoms with van der Waals surface area (Å²) in [5.41, 5.74) is 0. The lowest BCUT2D eigenvalue weighted by molar-refractivity contribution is 0.101. The lowest BCUT2D eigenvalue weighted by Gasteiger charge is -2.40. The highest BCUT2D eigenvalue weighted by Gasteiger charge is 2.43. The van der Waals surface area contributed by atoms with Gasteiger partial charge in [-0.25, -0.2) is 8.42 Å². The molecule has 0 amide bonds. The maximum absolute atomic E-state index is 12.0. The van der Waals surface area contributed by atoms with Gasteiger partial charge in [0.1, 0.15) is 0 Å². The van der Waals surface area contributed by atoms with E-state index in [1.165, 1.54) is 25.7 Å². The third-order valence-electron chi connectivity index (χ3n) is 5.30. The molecule has 1 heterocycles. The number of rotatable bonds is 4. The van der Waals surface area contributed by atoms with Gasteiger partial charge in [0.15, 0.2) is 0 Å². The van der Waals surface area contributed by atoms with Crippen LogP contribution in [0.4, 0.5) is 0 Å². The molecule has 0 aromatic rings. The van der Waals surface area contributed by atoms with Crippen LogP contribution in [0.25, 0.3) is 0 Å². The van der Waals surface area contributed by atoms with Gasteiger partial charge in [0.05, 0.1) is 5.75 Å². The monoisotopic (exact) mass is 286 g/mol. The topological polar surface area (TPSA) is 40.6 Å². The van der Waals surface area contributed by atoms with Crippen molar-refractivity contribution in [2.45, 2.75) is 45.1 Å². The number of sulfonamides is 1. The van der Waals surface area contributed by atoms with Crippen LogP contribution in [0.1, 0.15) is 39.0 Å². The summed E-state index contributed by atoms with van der Waals surface area (Å²) in [6, 6.07) is 0.759. The van der Waals surface area contributed by atoms with Gasteiger partial charge in [-0.05, 0) is 37.5 Å². The summed E-state index contributed by atoms with van der Waals surface area (Å²) in [7, 11) is -2.98. The Labute approximate surface area is 117 Å². The van der Waals surface area contributed by atoms with Crippen molar-refractivity contribution >= 4 is 10.0 Å². The highest BCUT2D eigenvalue weighted by molar-refractivity contribution is 7.89. The van der Waals surface area contributed by atoms with Gasteiger partial charge < -0.3 is 0 Å². The smallest absolute Gasteiger partial charge is 0.214 e. The molecule has 2 bridgehead atoms. The van der Waals surface area contributed by atoms with Gasteiger partial charge in [-0.1, -0.05) is 13.3 Å². The second-order valence-electron chi connectivity index (χ2n) is 6.49. The van der Waals surface area contributed by atoms with Gasteiger partial charge in [0.2, 0.25) is 10.0 Å². The molecular formula is C14H26N2O2S. The molecule has 1 saturated heterocycles. The Morgan fingerprint density at radius 1 is 1.05 bits per heavy atom. The van der Waals surface area contributed by atoms with E-state index in [9.17, 15) is 8.42 Å². The first kappa shape index (κ1) is 13.8. The minimum Gasteiger partial charge on any atom is -0.297 e. The van der Waals surface area contributed by atoms with Crippen LogP contribution >= 0.6 is 0 Å². The fourth-order valence-electron chi connectivity index (χ4n) is 4.36. The molecule has 5 heteroatoms. The van der Waals surface area contributed by atoms with Crippen LogP contribution in [-0.4, -0.2) is 55.6 Å². The van der Waals surface area contributed by atoms with Crippen LogP contribution in [0.2, 0.25) is 0 Å². The largest absolute Gasteiger partial charge is 0.297 e. The molecule has 2 aliphatic carbocycles. The average molecular weight is 286 g/mol. The van der Waals surface area contributed by atoms with Crippen molar-refractivity contribution in [3.05, 3.63) is 0 Å². The van der Waals surface area contributed by atoms with E-state index in [0.717, 1.165) is 37.4 Å². The number of fused-ring (bicyclic) bond motifs is 2. The Hall–Kier alpha value is -0.130. The van der Waals surface area contributed by atoms with Gasteiger partial charge in [-0.15, -0.1) is 0 Å². The molecule has 3 fully saturated rings. The molecule has 3 atom stereocenters. The van der Waals surface area contributed by atoms with Crippen LogP contribution in [-0.2, 0) is 10.0 Å². The normalized spacial score (nSPS) is 37.0. The zero-order chi connectivity index (χ0) is 13.5. The zero-order valence-corrected chi connectivity index (χ0v) is 12.7. The molecule has 4 nitrogen and oxygen atoms in total. The Bertz CT molecular complexity index is 415. The van der Waals surface area contributed by atoms with Crippen LogP contribution in [0.15, 0.2) is 0 Å². The predicted molar refractivity (Wildman–Crippen MR) is 76.5 cm³/mol. The molecule has 3 rings (SSSR count). The Balaban J connectivity index is 1.55. The molecule has 19 heavy (non-hydrogen) atoms. The lowest BCUT2D eigenvalue weighted by Crippen LogP contribution is -2.53. The van der Waals surface area contributed by atoms with Crippen LogP contribution < -0.4 is 0 Å². The summed E-state index contributed by atoms with van der Waals surface area (Å²) in [4.78, 5) is 2.57. The number of nitrogens with zero attached hydrogens (tertiary/aromatic N) is 2. The Morgan fingerprint density at radius 2 is 1.79 bits per heavy atom. The van der Waals surface area contributed by atoms with Crippen molar-refractivity contribution in [3.63, 3.8) is 0 Å². The summed E-state index contributed by atoms with van der Waals surface area (Å²) < 4.78 is 25.8. The SMILES string of the molecule is CCCS(=O)(=O)N1CCN([C@@H]2C[C@@H]3CC[C@@H]2C3)CC1. The third-order valence-corrected chi connectivity index (χ3v) is 7.37. The summed E-state index contributed by atoms with van der Waals surface area (Å²) in [6.07, 6.45) is 6.36. The number of piperazine rings is 1.